The summed E-state index contributed by atoms with van der Waals surface area (Å²) in [6.45, 7) is -0.196. The predicted octanol–water partition coefficient (Wildman–Crippen LogP) is 4.24. The summed E-state index contributed by atoms with van der Waals surface area (Å²) in [5.74, 6) is -0.0951. The molecule has 1 aromatic heterocycles. The topological polar surface area (TPSA) is 74.3 Å². The first-order chi connectivity index (χ1) is 14.8. The number of carbonyl (C=O) groups is 1. The van der Waals surface area contributed by atoms with Gasteiger partial charge in [0.25, 0.3) is 5.91 Å². The van der Waals surface area contributed by atoms with Crippen molar-refractivity contribution < 1.29 is 27.8 Å². The van der Waals surface area contributed by atoms with Crippen LogP contribution in [-0.4, -0.2) is 35.3 Å². The van der Waals surface area contributed by atoms with E-state index in [1.54, 1.807) is 6.07 Å². The van der Waals surface area contributed by atoms with E-state index in [9.17, 15) is 23.1 Å². The minimum atomic E-state index is -4.41. The number of benzene rings is 2. The summed E-state index contributed by atoms with van der Waals surface area (Å²) >= 11 is 0. The Bertz CT molecular complexity index is 1070. The first kappa shape index (κ1) is 21.2. The van der Waals surface area contributed by atoms with Crippen molar-refractivity contribution in [2.75, 3.05) is 13.2 Å². The summed E-state index contributed by atoms with van der Waals surface area (Å²) in [7, 11) is 0. The van der Waals surface area contributed by atoms with Gasteiger partial charge in [-0.25, -0.2) is 0 Å². The number of ether oxygens (including phenoxy) is 1. The molecule has 0 bridgehead atoms. The van der Waals surface area contributed by atoms with Crippen molar-refractivity contribution in [2.24, 2.45) is 0 Å². The molecule has 8 heteroatoms. The molecule has 2 aromatic carbocycles. The van der Waals surface area contributed by atoms with Crippen LogP contribution in [0.1, 0.15) is 40.0 Å². The van der Waals surface area contributed by atoms with Gasteiger partial charge in [-0.05, 0) is 73.7 Å². The Labute approximate surface area is 177 Å². The van der Waals surface area contributed by atoms with E-state index < -0.39 is 17.8 Å². The smallest absolute Gasteiger partial charge is 0.416 e. The number of fused-ring (bicyclic) bond motifs is 3. The molecule has 1 amide bonds. The predicted molar refractivity (Wildman–Crippen MR) is 110 cm³/mol. The maximum Gasteiger partial charge on any atom is 0.416 e. The van der Waals surface area contributed by atoms with Gasteiger partial charge in [-0.15, -0.1) is 0 Å². The Hall–Kier alpha value is -3.00. The van der Waals surface area contributed by atoms with Gasteiger partial charge in [0.05, 0.1) is 5.56 Å². The number of amides is 1. The normalized spacial score (nSPS) is 14.8. The van der Waals surface area contributed by atoms with Gasteiger partial charge in [-0.3, -0.25) is 4.79 Å². The van der Waals surface area contributed by atoms with Gasteiger partial charge in [0.1, 0.15) is 18.5 Å². The maximum absolute atomic E-state index is 12.6. The van der Waals surface area contributed by atoms with Gasteiger partial charge in [-0.1, -0.05) is 0 Å². The Balaban J connectivity index is 1.31. The molecule has 3 aromatic rings. The van der Waals surface area contributed by atoms with Crippen molar-refractivity contribution in [3.8, 4) is 5.75 Å². The van der Waals surface area contributed by atoms with E-state index in [0.29, 0.717) is 5.56 Å². The number of aromatic amines is 1. The number of nitrogens with one attached hydrogen (secondary N) is 2. The summed E-state index contributed by atoms with van der Waals surface area (Å²) in [5.41, 5.74) is 3.29. The molecule has 0 saturated heterocycles. The first-order valence-electron chi connectivity index (χ1n) is 10.2. The second-order valence-electron chi connectivity index (χ2n) is 7.75. The van der Waals surface area contributed by atoms with Crippen LogP contribution in [0, 0.1) is 0 Å². The fourth-order valence-electron chi connectivity index (χ4n) is 3.85. The summed E-state index contributed by atoms with van der Waals surface area (Å²) in [4.78, 5) is 15.9. The number of aliphatic hydroxyl groups excluding tert-OH is 1. The maximum atomic E-state index is 12.6. The summed E-state index contributed by atoms with van der Waals surface area (Å²) < 4.78 is 43.0. The number of alkyl halides is 3. The zero-order valence-corrected chi connectivity index (χ0v) is 16.8. The van der Waals surface area contributed by atoms with Crippen molar-refractivity contribution in [1.29, 1.82) is 0 Å². The molecule has 0 spiro atoms. The highest BCUT2D eigenvalue weighted by atomic mass is 19.4. The van der Waals surface area contributed by atoms with Gasteiger partial charge in [0.2, 0.25) is 0 Å². The largest absolute Gasteiger partial charge is 0.491 e. The average molecular weight is 432 g/mol. The standard InChI is InChI=1S/C23H23F3N2O3/c24-23(25,26)15-6-8-17(9-7-15)31-13-16(29)12-27-22(30)14-5-10-21-19(11-14)18-3-1-2-4-20(18)28-21/h5-11,16,28-29H,1-4,12-13H2,(H,27,30). The summed E-state index contributed by atoms with van der Waals surface area (Å²) in [5, 5.41) is 13.8. The molecule has 1 unspecified atom stereocenters. The number of rotatable bonds is 6. The Morgan fingerprint density at radius 2 is 1.87 bits per heavy atom. The Morgan fingerprint density at radius 1 is 1.13 bits per heavy atom. The van der Waals surface area contributed by atoms with Gasteiger partial charge in [0, 0.05) is 28.7 Å². The third-order valence-corrected chi connectivity index (χ3v) is 5.48. The summed E-state index contributed by atoms with van der Waals surface area (Å²) in [6, 6.07) is 9.73. The Kier molecular flexibility index (Phi) is 5.91. The lowest BCUT2D eigenvalue weighted by atomic mass is 9.95. The number of hydrogen-bond donors (Lipinski definition) is 3. The number of halogens is 3. The van der Waals surface area contributed by atoms with Crippen LogP contribution in [-0.2, 0) is 19.0 Å². The molecule has 4 rings (SSSR count). The van der Waals surface area contributed by atoms with Gasteiger partial charge >= 0.3 is 6.18 Å². The van der Waals surface area contributed by atoms with E-state index in [0.717, 1.165) is 42.3 Å². The highest BCUT2D eigenvalue weighted by Gasteiger charge is 2.30. The van der Waals surface area contributed by atoms with E-state index in [4.69, 9.17) is 4.74 Å². The highest BCUT2D eigenvalue weighted by molar-refractivity contribution is 5.99. The number of aliphatic hydroxyl groups is 1. The molecule has 5 nitrogen and oxygen atoms in total. The highest BCUT2D eigenvalue weighted by Crippen LogP contribution is 2.31. The van der Waals surface area contributed by atoms with Crippen LogP contribution in [0.5, 0.6) is 5.75 Å². The molecule has 1 aliphatic rings. The van der Waals surface area contributed by atoms with Crippen LogP contribution in [0.25, 0.3) is 10.9 Å². The molecule has 3 N–H and O–H groups in total. The molecule has 0 radical (unpaired) electrons. The second kappa shape index (κ2) is 8.63. The third kappa shape index (κ3) is 4.85. The fourth-order valence-corrected chi connectivity index (χ4v) is 3.85. The van der Waals surface area contributed by atoms with E-state index in [1.807, 2.05) is 12.1 Å². The molecular weight excluding hydrogens is 409 g/mol. The average Bonchev–Trinajstić information content (AvgIpc) is 3.13. The van der Waals surface area contributed by atoms with Gasteiger partial charge < -0.3 is 20.1 Å². The molecule has 0 saturated carbocycles. The number of aromatic nitrogens is 1. The minimum absolute atomic E-state index is 0.0389. The molecule has 0 aliphatic heterocycles. The zero-order valence-electron chi connectivity index (χ0n) is 16.8. The third-order valence-electron chi connectivity index (χ3n) is 5.48. The summed E-state index contributed by atoms with van der Waals surface area (Å²) in [6.07, 6.45) is -1.08. The lowest BCUT2D eigenvalue weighted by molar-refractivity contribution is -0.137. The molecular formula is C23H23F3N2O3. The van der Waals surface area contributed by atoms with Crippen molar-refractivity contribution in [1.82, 2.24) is 10.3 Å². The second-order valence-corrected chi connectivity index (χ2v) is 7.75. The number of carbonyl (C=O) groups excluding carboxylic acids is 1. The number of aryl methyl sites for hydroxylation is 2. The monoisotopic (exact) mass is 432 g/mol. The molecule has 1 atom stereocenters. The van der Waals surface area contributed by atoms with Crippen LogP contribution in [0.4, 0.5) is 13.2 Å². The van der Waals surface area contributed by atoms with Crippen molar-refractivity contribution in [2.45, 2.75) is 38.0 Å². The van der Waals surface area contributed by atoms with Crippen LogP contribution in [0.3, 0.4) is 0 Å². The number of H-pyrrole nitrogens is 1. The van der Waals surface area contributed by atoms with Crippen molar-refractivity contribution in [3.05, 3.63) is 64.8 Å². The van der Waals surface area contributed by atoms with Crippen LogP contribution >= 0.6 is 0 Å². The molecule has 31 heavy (non-hydrogen) atoms. The quantitative estimate of drug-likeness (QED) is 0.546. The minimum Gasteiger partial charge on any atom is -0.491 e. The SMILES string of the molecule is O=C(NCC(O)COc1ccc(C(F)(F)F)cc1)c1ccc2[nH]c3c(c2c1)CCCC3. The van der Waals surface area contributed by atoms with E-state index in [-0.39, 0.29) is 24.8 Å². The molecule has 0 fully saturated rings. The fraction of sp³-hybridized carbons (Fsp3) is 0.348. The van der Waals surface area contributed by atoms with Crippen molar-refractivity contribution >= 4 is 16.8 Å². The number of hydrogen-bond acceptors (Lipinski definition) is 3. The van der Waals surface area contributed by atoms with Crippen LogP contribution < -0.4 is 10.1 Å². The molecule has 1 aliphatic carbocycles. The lowest BCUT2D eigenvalue weighted by Gasteiger charge is -2.14. The van der Waals surface area contributed by atoms with Crippen molar-refractivity contribution in [3.63, 3.8) is 0 Å². The molecule has 1 heterocycles. The van der Waals surface area contributed by atoms with Gasteiger partial charge in [-0.2, -0.15) is 13.2 Å². The van der Waals surface area contributed by atoms with E-state index in [2.05, 4.69) is 10.3 Å². The van der Waals surface area contributed by atoms with Crippen LogP contribution in [0.2, 0.25) is 0 Å². The first-order valence-corrected chi connectivity index (χ1v) is 10.2. The van der Waals surface area contributed by atoms with E-state index in [1.165, 1.54) is 29.8 Å². The van der Waals surface area contributed by atoms with Gasteiger partial charge in [0.15, 0.2) is 0 Å². The van der Waals surface area contributed by atoms with E-state index >= 15 is 0 Å². The van der Waals surface area contributed by atoms with Crippen LogP contribution in [0.15, 0.2) is 42.5 Å². The lowest BCUT2D eigenvalue weighted by Crippen LogP contribution is -2.35. The molecule has 164 valence electrons. The Morgan fingerprint density at radius 3 is 2.61 bits per heavy atom. The zero-order chi connectivity index (χ0) is 22.0.